The van der Waals surface area contributed by atoms with E-state index < -0.39 is 10.0 Å². The van der Waals surface area contributed by atoms with Gasteiger partial charge >= 0.3 is 0 Å². The molecule has 0 radical (unpaired) electrons. The second-order valence-electron chi connectivity index (χ2n) is 6.61. The Kier molecular flexibility index (Phi) is 4.28. The molecule has 26 heavy (non-hydrogen) atoms. The molecule has 0 bridgehead atoms. The summed E-state index contributed by atoms with van der Waals surface area (Å²) in [4.78, 5) is 0.228. The second kappa shape index (κ2) is 6.61. The van der Waals surface area contributed by atoms with Gasteiger partial charge in [0, 0.05) is 11.6 Å². The fraction of sp³-hybridized carbons (Fsp3) is 0.250. The first-order chi connectivity index (χ1) is 12.5. The zero-order valence-corrected chi connectivity index (χ0v) is 15.3. The summed E-state index contributed by atoms with van der Waals surface area (Å²) in [5.74, 6) is 0.622. The molecule has 0 spiro atoms. The van der Waals surface area contributed by atoms with Crippen LogP contribution in [0.15, 0.2) is 57.9 Å². The molecule has 1 aliphatic carbocycles. The molecule has 2 aromatic carbocycles. The summed E-state index contributed by atoms with van der Waals surface area (Å²) in [6.45, 7) is 1.84. The Hall–Kier alpha value is -2.60. The van der Waals surface area contributed by atoms with E-state index in [0.717, 1.165) is 42.5 Å². The minimum Gasteiger partial charge on any atom is -0.356 e. The van der Waals surface area contributed by atoms with E-state index in [2.05, 4.69) is 15.9 Å². The van der Waals surface area contributed by atoms with Crippen molar-refractivity contribution in [3.63, 3.8) is 0 Å². The van der Waals surface area contributed by atoms with Gasteiger partial charge in [0.2, 0.25) is 0 Å². The van der Waals surface area contributed by atoms with Gasteiger partial charge in [-0.1, -0.05) is 17.3 Å². The standard InChI is InChI=1S/C20H20N2O3S/c1-14-13-20(25-21-14)16-9-11-17(12-10-16)26(23,24)22-19-8-4-6-15-5-2-3-7-18(15)19/h4,6,8-13,22H,2-3,5,7H2,1H3. The Bertz CT molecular complexity index is 1040. The van der Waals surface area contributed by atoms with Gasteiger partial charge in [0.15, 0.2) is 5.76 Å². The first-order valence-corrected chi connectivity index (χ1v) is 10.2. The van der Waals surface area contributed by atoms with E-state index in [1.807, 2.05) is 25.1 Å². The van der Waals surface area contributed by atoms with E-state index >= 15 is 0 Å². The summed E-state index contributed by atoms with van der Waals surface area (Å²) < 4.78 is 33.6. The van der Waals surface area contributed by atoms with Gasteiger partial charge in [-0.25, -0.2) is 8.42 Å². The van der Waals surface area contributed by atoms with Crippen LogP contribution in [0.25, 0.3) is 11.3 Å². The maximum Gasteiger partial charge on any atom is 0.261 e. The van der Waals surface area contributed by atoms with Crippen molar-refractivity contribution in [2.75, 3.05) is 4.72 Å². The van der Waals surface area contributed by atoms with Crippen LogP contribution in [0.2, 0.25) is 0 Å². The number of benzene rings is 2. The highest BCUT2D eigenvalue weighted by molar-refractivity contribution is 7.92. The van der Waals surface area contributed by atoms with Crippen LogP contribution >= 0.6 is 0 Å². The summed E-state index contributed by atoms with van der Waals surface area (Å²) in [6, 6.07) is 14.3. The zero-order chi connectivity index (χ0) is 18.1. The summed E-state index contributed by atoms with van der Waals surface area (Å²) >= 11 is 0. The van der Waals surface area contributed by atoms with E-state index in [9.17, 15) is 8.42 Å². The summed E-state index contributed by atoms with van der Waals surface area (Å²) in [7, 11) is -3.64. The minimum atomic E-state index is -3.64. The van der Waals surface area contributed by atoms with Gasteiger partial charge in [0.25, 0.3) is 10.0 Å². The second-order valence-corrected chi connectivity index (χ2v) is 8.30. The van der Waals surface area contributed by atoms with Crippen LogP contribution < -0.4 is 4.72 Å². The van der Waals surface area contributed by atoms with Crippen LogP contribution in [-0.4, -0.2) is 13.6 Å². The van der Waals surface area contributed by atoms with E-state index in [1.54, 1.807) is 24.3 Å². The topological polar surface area (TPSA) is 72.2 Å². The van der Waals surface area contributed by atoms with Crippen molar-refractivity contribution in [2.24, 2.45) is 0 Å². The van der Waals surface area contributed by atoms with Crippen molar-refractivity contribution in [1.29, 1.82) is 0 Å². The lowest BCUT2D eigenvalue weighted by atomic mass is 9.91. The van der Waals surface area contributed by atoms with Gasteiger partial charge in [-0.3, -0.25) is 4.72 Å². The van der Waals surface area contributed by atoms with Crippen molar-refractivity contribution < 1.29 is 12.9 Å². The van der Waals surface area contributed by atoms with Gasteiger partial charge in [0.1, 0.15) is 0 Å². The number of fused-ring (bicyclic) bond motifs is 1. The number of hydrogen-bond acceptors (Lipinski definition) is 4. The average molecular weight is 368 g/mol. The van der Waals surface area contributed by atoms with E-state index in [0.29, 0.717) is 11.4 Å². The lowest BCUT2D eigenvalue weighted by Gasteiger charge is -2.20. The van der Waals surface area contributed by atoms with Gasteiger partial charge < -0.3 is 4.52 Å². The van der Waals surface area contributed by atoms with Crippen molar-refractivity contribution in [3.05, 3.63) is 65.4 Å². The number of anilines is 1. The molecular weight excluding hydrogens is 348 g/mol. The van der Waals surface area contributed by atoms with Crippen molar-refractivity contribution in [1.82, 2.24) is 5.16 Å². The number of nitrogens with one attached hydrogen (secondary N) is 1. The number of hydrogen-bond donors (Lipinski definition) is 1. The zero-order valence-electron chi connectivity index (χ0n) is 14.5. The Morgan fingerprint density at radius 3 is 2.54 bits per heavy atom. The Balaban J connectivity index is 1.61. The van der Waals surface area contributed by atoms with Gasteiger partial charge in [-0.15, -0.1) is 0 Å². The maximum absolute atomic E-state index is 12.8. The minimum absolute atomic E-state index is 0.228. The molecule has 0 amide bonds. The highest BCUT2D eigenvalue weighted by Crippen LogP contribution is 2.30. The van der Waals surface area contributed by atoms with Gasteiger partial charge in [-0.05, 0) is 74.1 Å². The largest absolute Gasteiger partial charge is 0.356 e. The molecule has 0 unspecified atom stereocenters. The monoisotopic (exact) mass is 368 g/mol. The van der Waals surface area contributed by atoms with Crippen LogP contribution in [0, 0.1) is 6.92 Å². The predicted molar refractivity (Wildman–Crippen MR) is 101 cm³/mol. The molecule has 3 aromatic rings. The normalized spacial score (nSPS) is 14.0. The van der Waals surface area contributed by atoms with Crippen LogP contribution in [0.1, 0.15) is 29.7 Å². The molecule has 5 nitrogen and oxygen atoms in total. The van der Waals surface area contributed by atoms with Gasteiger partial charge in [0.05, 0.1) is 16.3 Å². The molecule has 4 rings (SSSR count). The third kappa shape index (κ3) is 3.24. The maximum atomic E-state index is 12.8. The third-order valence-corrected chi connectivity index (χ3v) is 6.10. The van der Waals surface area contributed by atoms with Crippen molar-refractivity contribution >= 4 is 15.7 Å². The fourth-order valence-corrected chi connectivity index (χ4v) is 4.47. The summed E-state index contributed by atoms with van der Waals surface area (Å²) in [5.41, 5.74) is 4.63. The lowest BCUT2D eigenvalue weighted by Crippen LogP contribution is -2.16. The average Bonchev–Trinajstić information content (AvgIpc) is 3.08. The van der Waals surface area contributed by atoms with E-state index in [1.165, 1.54) is 5.56 Å². The Morgan fingerprint density at radius 1 is 1.04 bits per heavy atom. The molecule has 0 aliphatic heterocycles. The SMILES string of the molecule is Cc1cc(-c2ccc(S(=O)(=O)Nc3cccc4c3CCCC4)cc2)on1. The van der Waals surface area contributed by atoms with Crippen molar-refractivity contribution in [2.45, 2.75) is 37.5 Å². The van der Waals surface area contributed by atoms with E-state index in [-0.39, 0.29) is 4.90 Å². The molecule has 134 valence electrons. The third-order valence-electron chi connectivity index (χ3n) is 4.72. The summed E-state index contributed by atoms with van der Waals surface area (Å²) in [5, 5.41) is 3.86. The number of rotatable bonds is 4. The highest BCUT2D eigenvalue weighted by atomic mass is 32.2. The molecule has 1 aliphatic rings. The Labute approximate surface area is 153 Å². The molecular formula is C20H20N2O3S. The quantitative estimate of drug-likeness (QED) is 0.744. The fourth-order valence-electron chi connectivity index (χ4n) is 3.38. The van der Waals surface area contributed by atoms with Crippen LogP contribution in [0.4, 0.5) is 5.69 Å². The van der Waals surface area contributed by atoms with Crippen molar-refractivity contribution in [3.8, 4) is 11.3 Å². The number of aryl methyl sites for hydroxylation is 2. The van der Waals surface area contributed by atoms with Crippen LogP contribution in [-0.2, 0) is 22.9 Å². The number of aromatic nitrogens is 1. The first-order valence-electron chi connectivity index (χ1n) is 8.70. The lowest BCUT2D eigenvalue weighted by molar-refractivity contribution is 0.427. The molecule has 1 heterocycles. The first kappa shape index (κ1) is 16.8. The van der Waals surface area contributed by atoms with Gasteiger partial charge in [-0.2, -0.15) is 0 Å². The smallest absolute Gasteiger partial charge is 0.261 e. The predicted octanol–water partition coefficient (Wildman–Crippen LogP) is 4.33. The van der Waals surface area contributed by atoms with Crippen LogP contribution in [0.5, 0.6) is 0 Å². The number of nitrogens with zero attached hydrogens (tertiary/aromatic N) is 1. The molecule has 1 aromatic heterocycles. The highest BCUT2D eigenvalue weighted by Gasteiger charge is 2.19. The van der Waals surface area contributed by atoms with Crippen LogP contribution in [0.3, 0.4) is 0 Å². The summed E-state index contributed by atoms with van der Waals surface area (Å²) in [6.07, 6.45) is 4.18. The molecule has 0 atom stereocenters. The Morgan fingerprint density at radius 2 is 1.81 bits per heavy atom. The molecule has 6 heteroatoms. The molecule has 0 fully saturated rings. The molecule has 0 saturated heterocycles. The van der Waals surface area contributed by atoms with E-state index in [4.69, 9.17) is 4.52 Å². The molecule has 0 saturated carbocycles. The molecule has 1 N–H and O–H groups in total. The number of sulfonamides is 1.